The van der Waals surface area contributed by atoms with Crippen molar-refractivity contribution in [3.63, 3.8) is 0 Å². The highest BCUT2D eigenvalue weighted by atomic mass is 35.5. The normalized spacial score (nSPS) is 21.3. The minimum atomic E-state index is -0.888. The molecule has 0 saturated heterocycles. The number of hydrogen-bond acceptors (Lipinski definition) is 3. The highest BCUT2D eigenvalue weighted by Crippen LogP contribution is 2.53. The lowest BCUT2D eigenvalue weighted by atomic mass is 9.74. The Morgan fingerprint density at radius 3 is 2.68 bits per heavy atom. The third-order valence-electron chi connectivity index (χ3n) is 5.91. The number of aliphatic hydroxyl groups excluding tert-OH is 1. The SMILES string of the molecule is COC(O)C1CC(Cl)=CC=C1c1cccc2c1Sc1cccc(C)c1C2(C)C. The van der Waals surface area contributed by atoms with E-state index in [-0.39, 0.29) is 11.3 Å². The van der Waals surface area contributed by atoms with Crippen LogP contribution in [0.3, 0.4) is 0 Å². The smallest absolute Gasteiger partial charge is 0.161 e. The Labute approximate surface area is 176 Å². The first-order chi connectivity index (χ1) is 13.3. The van der Waals surface area contributed by atoms with Crippen molar-refractivity contribution in [3.05, 3.63) is 75.8 Å². The van der Waals surface area contributed by atoms with Crippen LogP contribution < -0.4 is 0 Å². The topological polar surface area (TPSA) is 29.5 Å². The number of aryl methyl sites for hydroxylation is 1. The molecule has 2 unspecified atom stereocenters. The fraction of sp³-hybridized carbons (Fsp3) is 0.333. The van der Waals surface area contributed by atoms with Gasteiger partial charge in [-0.05, 0) is 53.3 Å². The standard InChI is InChI=1S/C24H25ClO2S/c1-14-7-5-10-20-21(14)24(2,3)19-9-6-8-17(22(19)28-20)16-12-11-15(25)13-18(16)23(26)27-4/h5-12,18,23,26H,13H2,1-4H3. The van der Waals surface area contributed by atoms with Crippen LogP contribution in [-0.4, -0.2) is 18.5 Å². The van der Waals surface area contributed by atoms with E-state index in [1.165, 1.54) is 33.6 Å². The molecular formula is C24H25ClO2S. The number of aliphatic hydroxyl groups is 1. The second kappa shape index (κ2) is 7.38. The lowest BCUT2D eigenvalue weighted by Gasteiger charge is -2.38. The van der Waals surface area contributed by atoms with Gasteiger partial charge >= 0.3 is 0 Å². The number of halogens is 1. The molecule has 2 nitrogen and oxygen atoms in total. The van der Waals surface area contributed by atoms with E-state index in [4.69, 9.17) is 16.3 Å². The van der Waals surface area contributed by atoms with Gasteiger partial charge in [0.2, 0.25) is 0 Å². The summed E-state index contributed by atoms with van der Waals surface area (Å²) < 4.78 is 5.27. The molecule has 2 atom stereocenters. The summed E-state index contributed by atoms with van der Waals surface area (Å²) in [7, 11) is 1.53. The number of methoxy groups -OCH3 is 1. The van der Waals surface area contributed by atoms with Crippen LogP contribution in [0.5, 0.6) is 0 Å². The number of rotatable bonds is 3. The molecule has 0 bridgehead atoms. The zero-order valence-electron chi connectivity index (χ0n) is 16.6. The van der Waals surface area contributed by atoms with E-state index in [1.807, 2.05) is 23.9 Å². The second-order valence-electron chi connectivity index (χ2n) is 8.03. The van der Waals surface area contributed by atoms with Gasteiger partial charge in [0.1, 0.15) is 0 Å². The monoisotopic (exact) mass is 412 g/mol. The minimum absolute atomic E-state index is 0.0879. The molecular weight excluding hydrogens is 388 g/mol. The van der Waals surface area contributed by atoms with Crippen LogP contribution in [0.1, 0.15) is 42.5 Å². The molecule has 1 aliphatic carbocycles. The maximum atomic E-state index is 10.5. The first-order valence-electron chi connectivity index (χ1n) is 9.53. The lowest BCUT2D eigenvalue weighted by Crippen LogP contribution is -2.28. The predicted octanol–water partition coefficient (Wildman–Crippen LogP) is 6.28. The fourth-order valence-corrected chi connectivity index (χ4v) is 6.38. The Kier molecular flexibility index (Phi) is 5.22. The average Bonchev–Trinajstić information content (AvgIpc) is 2.67. The first-order valence-corrected chi connectivity index (χ1v) is 10.7. The molecule has 2 aromatic carbocycles. The summed E-state index contributed by atoms with van der Waals surface area (Å²) in [6, 6.07) is 13.0. The quantitative estimate of drug-likeness (QED) is 0.602. The molecule has 0 fully saturated rings. The zero-order valence-corrected chi connectivity index (χ0v) is 18.2. The number of ether oxygens (including phenoxy) is 1. The number of allylic oxidation sites excluding steroid dienone is 3. The van der Waals surface area contributed by atoms with E-state index in [2.05, 4.69) is 57.2 Å². The van der Waals surface area contributed by atoms with Gasteiger partial charge in [0.05, 0.1) is 0 Å². The largest absolute Gasteiger partial charge is 0.367 e. The van der Waals surface area contributed by atoms with Gasteiger partial charge in [-0.1, -0.05) is 73.6 Å². The summed E-state index contributed by atoms with van der Waals surface area (Å²) in [5.74, 6) is -0.184. The molecule has 2 aliphatic rings. The van der Waals surface area contributed by atoms with Gasteiger partial charge in [-0.25, -0.2) is 0 Å². The van der Waals surface area contributed by atoms with Gasteiger partial charge < -0.3 is 9.84 Å². The van der Waals surface area contributed by atoms with Gasteiger partial charge in [0, 0.05) is 33.3 Å². The van der Waals surface area contributed by atoms with Gasteiger partial charge in [-0.2, -0.15) is 0 Å². The Hall–Kier alpha value is -1.52. The predicted molar refractivity (Wildman–Crippen MR) is 117 cm³/mol. The van der Waals surface area contributed by atoms with Crippen molar-refractivity contribution in [2.75, 3.05) is 7.11 Å². The Balaban J connectivity index is 1.90. The molecule has 4 heteroatoms. The molecule has 146 valence electrons. The molecule has 1 heterocycles. The molecule has 28 heavy (non-hydrogen) atoms. The van der Waals surface area contributed by atoms with E-state index in [0.717, 1.165) is 16.2 Å². The van der Waals surface area contributed by atoms with Crippen molar-refractivity contribution >= 4 is 28.9 Å². The van der Waals surface area contributed by atoms with Crippen molar-refractivity contribution < 1.29 is 9.84 Å². The number of benzene rings is 2. The van der Waals surface area contributed by atoms with Crippen molar-refractivity contribution in [2.45, 2.75) is 48.7 Å². The summed E-state index contributed by atoms with van der Waals surface area (Å²) in [6.07, 6.45) is 3.66. The van der Waals surface area contributed by atoms with Crippen LogP contribution in [0.25, 0.3) is 5.57 Å². The Bertz CT molecular complexity index is 990. The zero-order chi connectivity index (χ0) is 20.1. The van der Waals surface area contributed by atoms with Crippen LogP contribution in [0.2, 0.25) is 0 Å². The summed E-state index contributed by atoms with van der Waals surface area (Å²) >= 11 is 8.11. The van der Waals surface area contributed by atoms with Crippen molar-refractivity contribution in [3.8, 4) is 0 Å². The Morgan fingerprint density at radius 1 is 1.18 bits per heavy atom. The molecule has 1 N–H and O–H groups in total. The summed E-state index contributed by atoms with van der Waals surface area (Å²) in [4.78, 5) is 2.57. The molecule has 0 aromatic heterocycles. The number of hydrogen-bond donors (Lipinski definition) is 1. The Morgan fingerprint density at radius 2 is 1.93 bits per heavy atom. The summed E-state index contributed by atoms with van der Waals surface area (Å²) in [5.41, 5.74) is 6.20. The lowest BCUT2D eigenvalue weighted by molar-refractivity contribution is -0.0973. The average molecular weight is 413 g/mol. The molecule has 4 rings (SSSR count). The van der Waals surface area contributed by atoms with Crippen LogP contribution in [0.4, 0.5) is 0 Å². The molecule has 2 aromatic rings. The van der Waals surface area contributed by atoms with Gasteiger partial charge in [-0.3, -0.25) is 0 Å². The van der Waals surface area contributed by atoms with Crippen molar-refractivity contribution in [1.82, 2.24) is 0 Å². The van der Waals surface area contributed by atoms with Crippen LogP contribution in [0.15, 0.2) is 63.4 Å². The van der Waals surface area contributed by atoms with Crippen LogP contribution >= 0.6 is 23.4 Å². The van der Waals surface area contributed by atoms with Crippen molar-refractivity contribution in [1.29, 1.82) is 0 Å². The highest BCUT2D eigenvalue weighted by Gasteiger charge is 2.37. The molecule has 0 amide bonds. The maximum absolute atomic E-state index is 10.5. The van der Waals surface area contributed by atoms with E-state index in [9.17, 15) is 5.11 Å². The minimum Gasteiger partial charge on any atom is -0.367 e. The summed E-state index contributed by atoms with van der Waals surface area (Å²) in [5, 5.41) is 11.2. The third-order valence-corrected chi connectivity index (χ3v) is 7.40. The van der Waals surface area contributed by atoms with E-state index in [1.54, 1.807) is 0 Å². The molecule has 1 aliphatic heterocycles. The maximum Gasteiger partial charge on any atom is 0.161 e. The number of fused-ring (bicyclic) bond motifs is 2. The molecule has 0 spiro atoms. The third kappa shape index (κ3) is 3.15. The van der Waals surface area contributed by atoms with Crippen molar-refractivity contribution in [2.24, 2.45) is 5.92 Å². The van der Waals surface area contributed by atoms with Gasteiger partial charge in [0.25, 0.3) is 0 Å². The van der Waals surface area contributed by atoms with Crippen LogP contribution in [-0.2, 0) is 10.2 Å². The van der Waals surface area contributed by atoms with Gasteiger partial charge in [0.15, 0.2) is 6.29 Å². The van der Waals surface area contributed by atoms with E-state index < -0.39 is 6.29 Å². The first kappa shape index (κ1) is 19.8. The summed E-state index contributed by atoms with van der Waals surface area (Å²) in [6.45, 7) is 6.79. The van der Waals surface area contributed by atoms with E-state index in [0.29, 0.717) is 6.42 Å². The van der Waals surface area contributed by atoms with Crippen LogP contribution in [0, 0.1) is 12.8 Å². The highest BCUT2D eigenvalue weighted by molar-refractivity contribution is 7.99. The second-order valence-corrected chi connectivity index (χ2v) is 9.57. The fourth-order valence-electron chi connectivity index (χ4n) is 4.54. The molecule has 0 radical (unpaired) electrons. The molecule has 0 saturated carbocycles. The van der Waals surface area contributed by atoms with Gasteiger partial charge in [-0.15, -0.1) is 0 Å². The van der Waals surface area contributed by atoms with E-state index >= 15 is 0 Å².